The minimum atomic E-state index is -4.61. The van der Waals surface area contributed by atoms with E-state index in [1.807, 2.05) is 0 Å². The number of likely N-dealkylation sites (tertiary alicyclic amines) is 1. The number of aryl methyl sites for hydroxylation is 1. The molecule has 1 saturated heterocycles. The highest BCUT2D eigenvalue weighted by atomic mass is 19.4. The van der Waals surface area contributed by atoms with Crippen molar-refractivity contribution in [3.63, 3.8) is 0 Å². The van der Waals surface area contributed by atoms with Crippen LogP contribution in [0.4, 0.5) is 32.3 Å². The van der Waals surface area contributed by atoms with E-state index in [0.29, 0.717) is 12.4 Å². The summed E-state index contributed by atoms with van der Waals surface area (Å²) >= 11 is 0. The highest BCUT2D eigenvalue weighted by molar-refractivity contribution is 5.98. The summed E-state index contributed by atoms with van der Waals surface area (Å²) in [6.07, 6.45) is -0.627. The van der Waals surface area contributed by atoms with Gasteiger partial charge in [0.2, 0.25) is 5.95 Å². The van der Waals surface area contributed by atoms with Crippen LogP contribution in [0.15, 0.2) is 31.0 Å². The summed E-state index contributed by atoms with van der Waals surface area (Å²) in [6, 6.07) is -0.785. The lowest BCUT2D eigenvalue weighted by Gasteiger charge is -2.44. The molecule has 15 heteroatoms. The fourth-order valence-electron chi connectivity index (χ4n) is 4.27. The summed E-state index contributed by atoms with van der Waals surface area (Å²) in [7, 11) is 3.01. The topological polar surface area (TPSA) is 92.9 Å². The molecule has 0 saturated carbocycles. The SMILES string of the molecule is C[C@@H]1CC(F)(F)CN(C(=O)c2nn(C)cc2-c2ncc(F)cn2)C1CN(C)c1ncc(C(F)(F)F)cn1. The normalized spacial score (nSPS) is 19.6. The van der Waals surface area contributed by atoms with Crippen molar-refractivity contribution in [1.82, 2.24) is 34.6 Å². The number of carbonyl (C=O) groups is 1. The van der Waals surface area contributed by atoms with E-state index in [-0.39, 0.29) is 29.6 Å². The zero-order valence-electron chi connectivity index (χ0n) is 19.9. The summed E-state index contributed by atoms with van der Waals surface area (Å²) in [6.45, 7) is 0.619. The van der Waals surface area contributed by atoms with Crippen LogP contribution < -0.4 is 4.90 Å². The van der Waals surface area contributed by atoms with Crippen LogP contribution in [0.1, 0.15) is 29.4 Å². The summed E-state index contributed by atoms with van der Waals surface area (Å²) in [5, 5.41) is 4.12. The number of anilines is 1. The second kappa shape index (κ2) is 9.59. The van der Waals surface area contributed by atoms with Crippen molar-refractivity contribution < 1.29 is 31.1 Å². The van der Waals surface area contributed by atoms with Gasteiger partial charge in [-0.2, -0.15) is 18.3 Å². The van der Waals surface area contributed by atoms with Gasteiger partial charge in [-0.15, -0.1) is 0 Å². The number of carbonyl (C=O) groups excluding carboxylic acids is 1. The fourth-order valence-corrected chi connectivity index (χ4v) is 4.27. The maximum absolute atomic E-state index is 14.6. The van der Waals surface area contributed by atoms with Crippen molar-refractivity contribution >= 4 is 11.9 Å². The molecule has 198 valence electrons. The van der Waals surface area contributed by atoms with E-state index in [9.17, 15) is 31.1 Å². The highest BCUT2D eigenvalue weighted by Gasteiger charge is 2.47. The van der Waals surface area contributed by atoms with E-state index in [0.717, 1.165) is 17.3 Å². The zero-order chi connectivity index (χ0) is 27.1. The summed E-state index contributed by atoms with van der Waals surface area (Å²) in [5.41, 5.74) is -1.09. The van der Waals surface area contributed by atoms with Crippen LogP contribution in [0, 0.1) is 11.7 Å². The number of halogens is 6. The molecule has 1 aliphatic heterocycles. The molecule has 0 spiro atoms. The lowest BCUT2D eigenvalue weighted by atomic mass is 9.87. The van der Waals surface area contributed by atoms with E-state index < -0.39 is 54.3 Å². The maximum Gasteiger partial charge on any atom is 0.419 e. The van der Waals surface area contributed by atoms with Crippen molar-refractivity contribution in [2.45, 2.75) is 31.5 Å². The molecule has 9 nitrogen and oxygen atoms in total. The predicted molar refractivity (Wildman–Crippen MR) is 118 cm³/mol. The molecule has 0 aromatic carbocycles. The Morgan fingerprint density at radius 3 is 2.35 bits per heavy atom. The molecule has 0 bridgehead atoms. The molecule has 0 N–H and O–H groups in total. The maximum atomic E-state index is 14.6. The standard InChI is InChI=1S/C22H22F6N8O/c1-12-4-21(24,25)11-36(16(12)10-34(2)20-31-5-13(6-32-20)22(26,27)28)19(37)17-15(9-35(3)33-17)18-29-7-14(23)8-30-18/h5-9,12,16H,4,10-11H2,1-3H3/t12-,16?/m1/s1. The number of rotatable bonds is 5. The van der Waals surface area contributed by atoms with E-state index in [2.05, 4.69) is 25.0 Å². The minimum Gasteiger partial charge on any atom is -0.342 e. The molecule has 3 aromatic heterocycles. The first-order chi connectivity index (χ1) is 17.2. The van der Waals surface area contributed by atoms with Crippen LogP contribution in [0.25, 0.3) is 11.4 Å². The first-order valence-corrected chi connectivity index (χ1v) is 11.1. The van der Waals surface area contributed by atoms with Crippen molar-refractivity contribution in [3.8, 4) is 11.4 Å². The zero-order valence-corrected chi connectivity index (χ0v) is 19.9. The number of likely N-dealkylation sites (N-methyl/N-ethyl adjacent to an activating group) is 1. The number of amides is 1. The Morgan fingerprint density at radius 1 is 1.14 bits per heavy atom. The largest absolute Gasteiger partial charge is 0.419 e. The third-order valence-electron chi connectivity index (χ3n) is 6.00. The summed E-state index contributed by atoms with van der Waals surface area (Å²) < 4.78 is 82.4. The molecule has 1 aliphatic rings. The lowest BCUT2D eigenvalue weighted by Crippen LogP contribution is -2.58. The predicted octanol–water partition coefficient (Wildman–Crippen LogP) is 3.45. The molecule has 2 atom stereocenters. The van der Waals surface area contributed by atoms with E-state index in [4.69, 9.17) is 0 Å². The molecular weight excluding hydrogens is 506 g/mol. The van der Waals surface area contributed by atoms with Gasteiger partial charge in [0.1, 0.15) is 0 Å². The fraction of sp³-hybridized carbons (Fsp3) is 0.455. The number of piperidine rings is 1. The second-order valence-corrected chi connectivity index (χ2v) is 8.98. The van der Waals surface area contributed by atoms with Gasteiger partial charge in [-0.25, -0.2) is 33.1 Å². The first-order valence-electron chi connectivity index (χ1n) is 11.1. The van der Waals surface area contributed by atoms with Crippen LogP contribution in [-0.2, 0) is 13.2 Å². The smallest absolute Gasteiger partial charge is 0.342 e. The molecule has 3 aromatic rings. The number of hydrogen-bond donors (Lipinski definition) is 0. The lowest BCUT2D eigenvalue weighted by molar-refractivity contribution is -0.138. The van der Waals surface area contributed by atoms with Crippen LogP contribution >= 0.6 is 0 Å². The second-order valence-electron chi connectivity index (χ2n) is 8.98. The third kappa shape index (κ3) is 5.64. The molecule has 4 rings (SSSR count). The van der Waals surface area contributed by atoms with Gasteiger partial charge in [0, 0.05) is 45.7 Å². The molecule has 0 aliphatic carbocycles. The van der Waals surface area contributed by atoms with Gasteiger partial charge in [-0.05, 0) is 5.92 Å². The van der Waals surface area contributed by atoms with Gasteiger partial charge in [0.05, 0.1) is 36.1 Å². The number of nitrogens with zero attached hydrogens (tertiary/aromatic N) is 8. The third-order valence-corrected chi connectivity index (χ3v) is 6.00. The molecule has 1 fully saturated rings. The quantitative estimate of drug-likeness (QED) is 0.469. The van der Waals surface area contributed by atoms with E-state index in [1.54, 1.807) is 6.92 Å². The number of alkyl halides is 5. The Morgan fingerprint density at radius 2 is 1.76 bits per heavy atom. The van der Waals surface area contributed by atoms with Gasteiger partial charge in [0.25, 0.3) is 11.8 Å². The average Bonchev–Trinajstić information content (AvgIpc) is 3.21. The average molecular weight is 528 g/mol. The summed E-state index contributed by atoms with van der Waals surface area (Å²) in [5.74, 6) is -5.47. The van der Waals surface area contributed by atoms with E-state index >= 15 is 0 Å². The van der Waals surface area contributed by atoms with E-state index in [1.165, 1.54) is 29.9 Å². The Hall–Kier alpha value is -3.78. The Bertz CT molecular complexity index is 1260. The van der Waals surface area contributed by atoms with Crippen LogP contribution in [0.3, 0.4) is 0 Å². The monoisotopic (exact) mass is 528 g/mol. The van der Waals surface area contributed by atoms with Crippen LogP contribution in [0.2, 0.25) is 0 Å². The number of hydrogen-bond acceptors (Lipinski definition) is 7. The molecular formula is C22H22F6N8O. The van der Waals surface area contributed by atoms with Crippen LogP contribution in [0.5, 0.6) is 0 Å². The summed E-state index contributed by atoms with van der Waals surface area (Å²) in [4.78, 5) is 31.2. The van der Waals surface area contributed by atoms with Crippen molar-refractivity contribution in [2.24, 2.45) is 13.0 Å². The molecule has 1 unspecified atom stereocenters. The molecule has 0 radical (unpaired) electrons. The van der Waals surface area contributed by atoms with Gasteiger partial charge in [-0.1, -0.05) is 6.92 Å². The first kappa shape index (κ1) is 26.3. The van der Waals surface area contributed by atoms with Gasteiger partial charge in [-0.3, -0.25) is 9.48 Å². The highest BCUT2D eigenvalue weighted by Crippen LogP contribution is 2.36. The van der Waals surface area contributed by atoms with Gasteiger partial charge < -0.3 is 9.80 Å². The van der Waals surface area contributed by atoms with Gasteiger partial charge in [0.15, 0.2) is 17.3 Å². The number of aromatic nitrogens is 6. The molecule has 37 heavy (non-hydrogen) atoms. The van der Waals surface area contributed by atoms with Crippen molar-refractivity contribution in [2.75, 3.05) is 25.0 Å². The van der Waals surface area contributed by atoms with Crippen LogP contribution in [-0.4, -0.2) is 72.6 Å². The Labute approximate surface area is 207 Å². The van der Waals surface area contributed by atoms with Crippen molar-refractivity contribution in [1.29, 1.82) is 0 Å². The van der Waals surface area contributed by atoms with Crippen molar-refractivity contribution in [3.05, 3.63) is 48.1 Å². The molecule has 4 heterocycles. The Kier molecular flexibility index (Phi) is 6.81. The molecule has 1 amide bonds. The minimum absolute atomic E-state index is 0.0125. The Balaban J connectivity index is 1.64. The van der Waals surface area contributed by atoms with Gasteiger partial charge >= 0.3 is 6.18 Å².